The van der Waals surface area contributed by atoms with Crippen LogP contribution in [-0.2, 0) is 24.9 Å². The molecule has 1 heterocycles. The zero-order valence-electron chi connectivity index (χ0n) is 14.5. The molecule has 2 amide bonds. The van der Waals surface area contributed by atoms with Gasteiger partial charge in [-0.2, -0.15) is 0 Å². The average molecular weight is 390 g/mol. The molecule has 0 unspecified atom stereocenters. The van der Waals surface area contributed by atoms with Crippen LogP contribution in [0.1, 0.15) is 21.5 Å². The van der Waals surface area contributed by atoms with E-state index in [2.05, 4.69) is 20.9 Å². The van der Waals surface area contributed by atoms with Gasteiger partial charge in [0.05, 0.1) is 5.56 Å². The number of nitrogens with zero attached hydrogens (tertiary/aromatic N) is 3. The fraction of sp³-hybridized carbons (Fsp3) is 0.222. The molecule has 0 spiro atoms. The van der Waals surface area contributed by atoms with Gasteiger partial charge in [0.1, 0.15) is 22.7 Å². The van der Waals surface area contributed by atoms with Gasteiger partial charge in [0, 0.05) is 25.7 Å². The van der Waals surface area contributed by atoms with Crippen molar-refractivity contribution in [3.63, 3.8) is 0 Å². The van der Waals surface area contributed by atoms with Gasteiger partial charge >= 0.3 is 0 Å². The van der Waals surface area contributed by atoms with Gasteiger partial charge in [-0.15, -0.1) is 16.7 Å². The van der Waals surface area contributed by atoms with Crippen molar-refractivity contribution in [1.82, 2.24) is 25.6 Å². The topological polar surface area (TPSA) is 88.9 Å². The Labute approximate surface area is 159 Å². The van der Waals surface area contributed by atoms with Crippen LogP contribution in [0.3, 0.4) is 0 Å². The van der Waals surface area contributed by atoms with Gasteiger partial charge < -0.3 is 10.6 Å². The highest BCUT2D eigenvalue weighted by Crippen LogP contribution is 2.16. The van der Waals surface area contributed by atoms with Crippen molar-refractivity contribution in [2.75, 3.05) is 5.88 Å². The first-order valence-corrected chi connectivity index (χ1v) is 8.69. The average Bonchev–Trinajstić information content (AvgIpc) is 3.06. The summed E-state index contributed by atoms with van der Waals surface area (Å²) >= 11 is 5.40. The first kappa shape index (κ1) is 18.8. The summed E-state index contributed by atoms with van der Waals surface area (Å²) in [6.45, 7) is 0.214. The molecule has 0 aliphatic heterocycles. The second kappa shape index (κ2) is 8.13. The van der Waals surface area contributed by atoms with E-state index in [9.17, 15) is 14.0 Å². The van der Waals surface area contributed by atoms with E-state index in [1.54, 1.807) is 37.4 Å². The minimum atomic E-state index is -0.465. The second-order valence-electron chi connectivity index (χ2n) is 5.91. The normalized spacial score (nSPS) is 10.8. The molecule has 2 N–H and O–H groups in total. The van der Waals surface area contributed by atoms with Gasteiger partial charge in [0.15, 0.2) is 0 Å². The van der Waals surface area contributed by atoms with Crippen molar-refractivity contribution in [1.29, 1.82) is 0 Å². The van der Waals surface area contributed by atoms with Crippen LogP contribution in [0.4, 0.5) is 4.39 Å². The van der Waals surface area contributed by atoms with Crippen molar-refractivity contribution in [2.24, 2.45) is 7.05 Å². The zero-order valence-corrected chi connectivity index (χ0v) is 15.3. The number of hydrogen-bond donors (Lipinski definition) is 2. The maximum atomic E-state index is 14.3. The Morgan fingerprint density at radius 2 is 2.00 bits per heavy atom. The number of nitrogens with one attached hydrogen (secondary N) is 2. The number of amides is 2. The van der Waals surface area contributed by atoms with E-state index >= 15 is 0 Å². The summed E-state index contributed by atoms with van der Waals surface area (Å²) in [4.78, 5) is 23.7. The Kier molecular flexibility index (Phi) is 5.66. The molecule has 0 radical (unpaired) electrons. The first-order chi connectivity index (χ1) is 13.0. The molecule has 3 rings (SSSR count). The third kappa shape index (κ3) is 4.22. The van der Waals surface area contributed by atoms with Crippen LogP contribution >= 0.6 is 11.6 Å². The van der Waals surface area contributed by atoms with Crippen LogP contribution in [0.5, 0.6) is 0 Å². The number of para-hydroxylation sites is 1. The highest BCUT2D eigenvalue weighted by Gasteiger charge is 2.14. The molecule has 1 aromatic heterocycles. The molecule has 140 valence electrons. The molecule has 9 heteroatoms. The number of rotatable bonds is 6. The molecular weight excluding hydrogens is 373 g/mol. The second-order valence-corrected chi connectivity index (χ2v) is 6.17. The van der Waals surface area contributed by atoms with Gasteiger partial charge in [-0.25, -0.2) is 9.07 Å². The molecule has 0 saturated carbocycles. The molecule has 2 aromatic carbocycles. The van der Waals surface area contributed by atoms with Crippen molar-refractivity contribution in [2.45, 2.75) is 13.1 Å². The van der Waals surface area contributed by atoms with E-state index in [0.29, 0.717) is 27.7 Å². The quantitative estimate of drug-likeness (QED) is 0.630. The standard InChI is InChI=1S/C18H17ClFN5O2/c1-25-17-13(3-2-4-15(17)23-24-25)18(27)22-10-12-6-5-11(7-14(12)20)9-21-16(26)8-19/h2-7H,8-10H2,1H3,(H,21,26)(H,22,27). The van der Waals surface area contributed by atoms with E-state index < -0.39 is 5.82 Å². The number of aryl methyl sites for hydroxylation is 1. The SMILES string of the molecule is Cn1nnc2cccc(C(=O)NCc3ccc(CNC(=O)CCl)cc3F)c21. The maximum Gasteiger partial charge on any atom is 0.253 e. The van der Waals surface area contributed by atoms with Gasteiger partial charge in [0.2, 0.25) is 5.91 Å². The molecule has 0 fully saturated rings. The number of halogens is 2. The highest BCUT2D eigenvalue weighted by atomic mass is 35.5. The van der Waals surface area contributed by atoms with E-state index in [-0.39, 0.29) is 30.8 Å². The van der Waals surface area contributed by atoms with Crippen molar-refractivity contribution in [3.05, 3.63) is 58.9 Å². The predicted octanol–water partition coefficient (Wildman–Crippen LogP) is 1.89. The molecule has 3 aromatic rings. The fourth-order valence-electron chi connectivity index (χ4n) is 2.66. The van der Waals surface area contributed by atoms with E-state index in [4.69, 9.17) is 11.6 Å². The molecule has 0 atom stereocenters. The minimum Gasteiger partial charge on any atom is -0.351 e. The molecule has 0 bridgehead atoms. The lowest BCUT2D eigenvalue weighted by atomic mass is 10.1. The maximum absolute atomic E-state index is 14.3. The summed E-state index contributed by atoms with van der Waals surface area (Å²) < 4.78 is 15.8. The molecular formula is C18H17ClFN5O2. The highest BCUT2D eigenvalue weighted by molar-refractivity contribution is 6.27. The largest absolute Gasteiger partial charge is 0.351 e. The van der Waals surface area contributed by atoms with Gasteiger partial charge in [0.25, 0.3) is 5.91 Å². The fourth-order valence-corrected chi connectivity index (χ4v) is 2.75. The Bertz CT molecular complexity index is 1000. The van der Waals surface area contributed by atoms with Crippen LogP contribution in [0.25, 0.3) is 11.0 Å². The number of aromatic nitrogens is 3. The zero-order chi connectivity index (χ0) is 19.4. The number of benzene rings is 2. The number of hydrogen-bond acceptors (Lipinski definition) is 4. The summed E-state index contributed by atoms with van der Waals surface area (Å²) in [5.41, 5.74) is 2.58. The Morgan fingerprint density at radius 3 is 2.74 bits per heavy atom. The van der Waals surface area contributed by atoms with Crippen LogP contribution in [0, 0.1) is 5.82 Å². The first-order valence-electron chi connectivity index (χ1n) is 8.16. The van der Waals surface area contributed by atoms with Crippen LogP contribution in [0.15, 0.2) is 36.4 Å². The number of alkyl halides is 1. The van der Waals surface area contributed by atoms with Crippen LogP contribution in [0.2, 0.25) is 0 Å². The molecule has 0 saturated heterocycles. The Morgan fingerprint density at radius 1 is 1.19 bits per heavy atom. The van der Waals surface area contributed by atoms with Gasteiger partial charge in [-0.1, -0.05) is 23.4 Å². The molecule has 0 aliphatic carbocycles. The molecule has 27 heavy (non-hydrogen) atoms. The van der Waals surface area contributed by atoms with E-state index in [0.717, 1.165) is 0 Å². The number of fused-ring (bicyclic) bond motifs is 1. The molecule has 7 nitrogen and oxygen atoms in total. The monoisotopic (exact) mass is 389 g/mol. The van der Waals surface area contributed by atoms with Gasteiger partial charge in [-0.05, 0) is 23.8 Å². The minimum absolute atomic E-state index is 0.0284. The summed E-state index contributed by atoms with van der Waals surface area (Å²) in [6, 6.07) is 9.73. The molecule has 0 aliphatic rings. The lowest BCUT2D eigenvalue weighted by Crippen LogP contribution is -2.25. The summed E-state index contributed by atoms with van der Waals surface area (Å²) in [6.07, 6.45) is 0. The summed E-state index contributed by atoms with van der Waals surface area (Å²) in [5, 5.41) is 13.2. The van der Waals surface area contributed by atoms with E-state index in [1.807, 2.05) is 0 Å². The van der Waals surface area contributed by atoms with Crippen LogP contribution < -0.4 is 10.6 Å². The third-order valence-corrected chi connectivity index (χ3v) is 4.28. The third-order valence-electron chi connectivity index (χ3n) is 4.04. The smallest absolute Gasteiger partial charge is 0.253 e. The number of carbonyl (C=O) groups is 2. The summed E-state index contributed by atoms with van der Waals surface area (Å²) in [7, 11) is 1.70. The van der Waals surface area contributed by atoms with Crippen molar-refractivity contribution in [3.8, 4) is 0 Å². The van der Waals surface area contributed by atoms with Crippen LogP contribution in [-0.4, -0.2) is 32.7 Å². The lowest BCUT2D eigenvalue weighted by molar-refractivity contribution is -0.118. The van der Waals surface area contributed by atoms with Crippen molar-refractivity contribution < 1.29 is 14.0 Å². The van der Waals surface area contributed by atoms with E-state index in [1.165, 1.54) is 10.7 Å². The Hall–Kier alpha value is -3.00. The lowest BCUT2D eigenvalue weighted by Gasteiger charge is -2.09. The predicted molar refractivity (Wildman–Crippen MR) is 98.6 cm³/mol. The van der Waals surface area contributed by atoms with Gasteiger partial charge in [-0.3, -0.25) is 9.59 Å². The van der Waals surface area contributed by atoms with Crippen molar-refractivity contribution >= 4 is 34.4 Å². The number of carbonyl (C=O) groups excluding carboxylic acids is 2. The Balaban J connectivity index is 1.68. The summed E-state index contributed by atoms with van der Waals surface area (Å²) in [5.74, 6) is -1.28.